The Morgan fingerprint density at radius 2 is 1.14 bits per heavy atom. The molecule has 28 heavy (non-hydrogen) atoms. The van der Waals surface area contributed by atoms with E-state index in [1.165, 1.54) is 116 Å². The SMILES string of the molecule is CCCCCCCCCCC[n+]1ccn(C(C)C)c1CCCCCCCCC. The Morgan fingerprint density at radius 1 is 0.679 bits per heavy atom. The first-order valence-electron chi connectivity index (χ1n) is 12.8. The molecule has 0 amide bonds. The van der Waals surface area contributed by atoms with Crippen molar-refractivity contribution in [1.29, 1.82) is 0 Å². The van der Waals surface area contributed by atoms with Crippen LogP contribution < -0.4 is 4.57 Å². The van der Waals surface area contributed by atoms with Crippen LogP contribution in [0.2, 0.25) is 0 Å². The molecule has 0 aliphatic heterocycles. The molecule has 0 aromatic carbocycles. The lowest BCUT2D eigenvalue weighted by Gasteiger charge is -2.08. The van der Waals surface area contributed by atoms with Crippen LogP contribution >= 0.6 is 0 Å². The lowest BCUT2D eigenvalue weighted by atomic mass is 10.1. The van der Waals surface area contributed by atoms with Crippen LogP contribution in [0.15, 0.2) is 12.4 Å². The molecule has 164 valence electrons. The second kappa shape index (κ2) is 17.1. The molecule has 0 saturated carbocycles. The number of unbranched alkanes of at least 4 members (excludes halogenated alkanes) is 14. The zero-order chi connectivity index (χ0) is 20.5. The van der Waals surface area contributed by atoms with Crippen LogP contribution in [-0.4, -0.2) is 4.57 Å². The van der Waals surface area contributed by atoms with Gasteiger partial charge in [0, 0.05) is 6.42 Å². The van der Waals surface area contributed by atoms with Gasteiger partial charge in [0.15, 0.2) is 0 Å². The number of imidazole rings is 1. The average Bonchev–Trinajstić information content (AvgIpc) is 3.09. The van der Waals surface area contributed by atoms with Crippen molar-refractivity contribution in [2.45, 2.75) is 149 Å². The molecule has 0 aliphatic rings. The van der Waals surface area contributed by atoms with Crippen molar-refractivity contribution >= 4 is 0 Å². The second-order valence-corrected chi connectivity index (χ2v) is 9.11. The molecular weight excluding hydrogens is 340 g/mol. The summed E-state index contributed by atoms with van der Waals surface area (Å²) >= 11 is 0. The zero-order valence-electron chi connectivity index (χ0n) is 19.9. The Morgan fingerprint density at radius 3 is 1.64 bits per heavy atom. The molecular formula is C26H51N2+. The number of hydrogen-bond donors (Lipinski definition) is 0. The molecule has 0 spiro atoms. The van der Waals surface area contributed by atoms with Crippen LogP contribution in [0.3, 0.4) is 0 Å². The highest BCUT2D eigenvalue weighted by Crippen LogP contribution is 2.14. The van der Waals surface area contributed by atoms with Crippen molar-refractivity contribution in [2.75, 3.05) is 0 Å². The fourth-order valence-electron chi connectivity index (χ4n) is 4.25. The molecule has 2 heteroatoms. The Kier molecular flexibility index (Phi) is 15.4. The highest BCUT2D eigenvalue weighted by molar-refractivity contribution is 4.86. The van der Waals surface area contributed by atoms with Crippen molar-refractivity contribution < 1.29 is 4.57 Å². The first kappa shape index (κ1) is 25.2. The third-order valence-electron chi connectivity index (χ3n) is 6.10. The van der Waals surface area contributed by atoms with E-state index in [1.807, 2.05) is 0 Å². The van der Waals surface area contributed by atoms with E-state index in [0.717, 1.165) is 0 Å². The van der Waals surface area contributed by atoms with Crippen LogP contribution in [0.1, 0.15) is 142 Å². The third-order valence-corrected chi connectivity index (χ3v) is 6.10. The summed E-state index contributed by atoms with van der Waals surface area (Å²) in [5.41, 5.74) is 0. The first-order chi connectivity index (χ1) is 13.7. The van der Waals surface area contributed by atoms with Crippen LogP contribution in [0, 0.1) is 0 Å². The first-order valence-corrected chi connectivity index (χ1v) is 12.8. The number of aromatic nitrogens is 2. The van der Waals surface area contributed by atoms with E-state index in [4.69, 9.17) is 0 Å². The fourth-order valence-corrected chi connectivity index (χ4v) is 4.25. The fraction of sp³-hybridized carbons (Fsp3) is 0.885. The van der Waals surface area contributed by atoms with E-state index < -0.39 is 0 Å². The standard InChI is InChI=1S/C26H51N2/c1-5-7-9-11-13-14-16-18-20-22-27-23-24-28(25(3)4)26(27)21-19-17-15-12-10-8-6-2/h23-25H,5-22H2,1-4H3/q+1. The minimum absolute atomic E-state index is 0.573. The summed E-state index contributed by atoms with van der Waals surface area (Å²) in [5, 5.41) is 0. The molecule has 0 atom stereocenters. The molecule has 1 rings (SSSR count). The summed E-state index contributed by atoms with van der Waals surface area (Å²) in [7, 11) is 0. The summed E-state index contributed by atoms with van der Waals surface area (Å²) < 4.78 is 5.06. The van der Waals surface area contributed by atoms with E-state index in [2.05, 4.69) is 49.2 Å². The highest BCUT2D eigenvalue weighted by Gasteiger charge is 2.18. The maximum absolute atomic E-state index is 2.55. The quantitative estimate of drug-likeness (QED) is 0.166. The van der Waals surface area contributed by atoms with Gasteiger partial charge in [-0.1, -0.05) is 97.3 Å². The van der Waals surface area contributed by atoms with E-state index in [-0.39, 0.29) is 0 Å². The van der Waals surface area contributed by atoms with Gasteiger partial charge in [-0.05, 0) is 33.1 Å². The summed E-state index contributed by atoms with van der Waals surface area (Å²) in [4.78, 5) is 0. The Bertz CT molecular complexity index is 461. The highest BCUT2D eigenvalue weighted by atomic mass is 15.2. The minimum atomic E-state index is 0.573. The molecule has 0 unspecified atom stereocenters. The zero-order valence-corrected chi connectivity index (χ0v) is 19.9. The van der Waals surface area contributed by atoms with Crippen molar-refractivity contribution in [2.24, 2.45) is 0 Å². The largest absolute Gasteiger partial charge is 0.256 e. The molecule has 0 radical (unpaired) electrons. The van der Waals surface area contributed by atoms with E-state index in [1.54, 1.807) is 5.82 Å². The van der Waals surface area contributed by atoms with Crippen molar-refractivity contribution in [3.63, 3.8) is 0 Å². The van der Waals surface area contributed by atoms with Gasteiger partial charge in [0.05, 0.1) is 12.6 Å². The van der Waals surface area contributed by atoms with Gasteiger partial charge in [0.25, 0.3) is 5.82 Å². The minimum Gasteiger partial charge on any atom is -0.234 e. The predicted molar refractivity (Wildman–Crippen MR) is 124 cm³/mol. The molecule has 0 aliphatic carbocycles. The summed E-state index contributed by atoms with van der Waals surface area (Å²) in [6.45, 7) is 10.4. The Labute approximate surface area is 177 Å². The van der Waals surface area contributed by atoms with Gasteiger partial charge in [-0.25, -0.2) is 9.13 Å². The van der Waals surface area contributed by atoms with Crippen molar-refractivity contribution in [1.82, 2.24) is 4.57 Å². The molecule has 1 aromatic rings. The predicted octanol–water partition coefficient (Wildman–Crippen LogP) is 8.18. The van der Waals surface area contributed by atoms with Gasteiger partial charge in [-0.15, -0.1) is 0 Å². The summed E-state index contributed by atoms with van der Waals surface area (Å²) in [5.74, 6) is 1.56. The lowest BCUT2D eigenvalue weighted by molar-refractivity contribution is -0.704. The average molecular weight is 392 g/mol. The summed E-state index contributed by atoms with van der Waals surface area (Å²) in [6.07, 6.45) is 28.4. The van der Waals surface area contributed by atoms with Crippen LogP contribution in [-0.2, 0) is 13.0 Å². The molecule has 1 heterocycles. The number of nitrogens with zero attached hydrogens (tertiary/aromatic N) is 2. The van der Waals surface area contributed by atoms with Crippen molar-refractivity contribution in [3.05, 3.63) is 18.2 Å². The van der Waals surface area contributed by atoms with Gasteiger partial charge in [0.2, 0.25) is 0 Å². The van der Waals surface area contributed by atoms with Crippen LogP contribution in [0.5, 0.6) is 0 Å². The Balaban J connectivity index is 2.27. The van der Waals surface area contributed by atoms with E-state index in [9.17, 15) is 0 Å². The Hall–Kier alpha value is -0.790. The van der Waals surface area contributed by atoms with E-state index >= 15 is 0 Å². The molecule has 1 aromatic heterocycles. The smallest absolute Gasteiger partial charge is 0.234 e. The topological polar surface area (TPSA) is 8.81 Å². The number of aryl methyl sites for hydroxylation is 1. The van der Waals surface area contributed by atoms with E-state index in [0.29, 0.717) is 6.04 Å². The molecule has 2 nitrogen and oxygen atoms in total. The lowest BCUT2D eigenvalue weighted by Crippen LogP contribution is -2.37. The number of hydrogen-bond acceptors (Lipinski definition) is 0. The van der Waals surface area contributed by atoms with Crippen LogP contribution in [0.25, 0.3) is 0 Å². The van der Waals surface area contributed by atoms with Gasteiger partial charge in [-0.2, -0.15) is 0 Å². The molecule has 0 bridgehead atoms. The maximum Gasteiger partial charge on any atom is 0.256 e. The second-order valence-electron chi connectivity index (χ2n) is 9.11. The van der Waals surface area contributed by atoms with Gasteiger partial charge < -0.3 is 0 Å². The normalized spacial score (nSPS) is 11.6. The molecule has 0 saturated heterocycles. The monoisotopic (exact) mass is 391 g/mol. The summed E-state index contributed by atoms with van der Waals surface area (Å²) in [6, 6.07) is 0.573. The third kappa shape index (κ3) is 11.3. The maximum atomic E-state index is 2.55. The molecule has 0 fully saturated rings. The van der Waals surface area contributed by atoms with Gasteiger partial charge >= 0.3 is 0 Å². The number of rotatable bonds is 19. The van der Waals surface area contributed by atoms with Crippen molar-refractivity contribution in [3.8, 4) is 0 Å². The molecule has 0 N–H and O–H groups in total. The van der Waals surface area contributed by atoms with Crippen LogP contribution in [0.4, 0.5) is 0 Å². The van der Waals surface area contributed by atoms with Gasteiger partial charge in [0.1, 0.15) is 12.4 Å². The van der Waals surface area contributed by atoms with Gasteiger partial charge in [-0.3, -0.25) is 0 Å².